The molecule has 6 rings (SSSR count). The van der Waals surface area contributed by atoms with Gasteiger partial charge >= 0.3 is 0 Å². The predicted octanol–water partition coefficient (Wildman–Crippen LogP) is 2.55. The van der Waals surface area contributed by atoms with Crippen molar-refractivity contribution in [3.05, 3.63) is 60.4 Å². The minimum absolute atomic E-state index is 0.221. The second kappa shape index (κ2) is 9.71. The zero-order valence-corrected chi connectivity index (χ0v) is 21.7. The quantitative estimate of drug-likeness (QED) is 0.262. The summed E-state index contributed by atoms with van der Waals surface area (Å²) in [6.45, 7) is 3.96. The molecule has 39 heavy (non-hydrogen) atoms. The smallest absolute Gasteiger partial charge is 0.295 e. The normalized spacial score (nSPS) is 13.7. The van der Waals surface area contributed by atoms with Crippen LogP contribution >= 0.6 is 0 Å². The van der Waals surface area contributed by atoms with Crippen LogP contribution in [0.1, 0.15) is 15.9 Å². The van der Waals surface area contributed by atoms with E-state index in [2.05, 4.69) is 36.0 Å². The lowest BCUT2D eigenvalue weighted by Gasteiger charge is -2.36. The summed E-state index contributed by atoms with van der Waals surface area (Å²) in [5.41, 5.74) is 3.71. The molecule has 1 saturated heterocycles. The highest BCUT2D eigenvalue weighted by Crippen LogP contribution is 2.33. The van der Waals surface area contributed by atoms with Crippen LogP contribution in [0.2, 0.25) is 0 Å². The highest BCUT2D eigenvalue weighted by atomic mass is 16.5. The Morgan fingerprint density at radius 2 is 1.87 bits per heavy atom. The SMILES string of the molecule is COc1cc(N2CCN(C(=O)C(=O)c3c[nH]c4c(-n5cncn5)ncc(OC)c34)CC2)c2cc(C)ccc2n1. The Labute approximate surface area is 223 Å². The van der Waals surface area contributed by atoms with Gasteiger partial charge in [-0.3, -0.25) is 9.59 Å². The summed E-state index contributed by atoms with van der Waals surface area (Å²) in [5, 5.41) is 5.62. The molecule has 0 radical (unpaired) electrons. The number of hydrogen-bond donors (Lipinski definition) is 1. The molecule has 1 aliphatic rings. The lowest BCUT2D eigenvalue weighted by atomic mass is 10.1. The van der Waals surface area contributed by atoms with Crippen molar-refractivity contribution in [3.63, 3.8) is 0 Å². The van der Waals surface area contributed by atoms with Gasteiger partial charge in [0.25, 0.3) is 11.7 Å². The average molecular weight is 527 g/mol. The number of hydrogen-bond acceptors (Lipinski definition) is 9. The van der Waals surface area contributed by atoms with E-state index in [1.807, 2.05) is 25.1 Å². The average Bonchev–Trinajstić information content (AvgIpc) is 3.67. The first-order valence-electron chi connectivity index (χ1n) is 12.4. The zero-order valence-electron chi connectivity index (χ0n) is 21.7. The highest BCUT2D eigenvalue weighted by molar-refractivity contribution is 6.45. The molecule has 5 aromatic rings. The molecule has 1 fully saturated rings. The van der Waals surface area contributed by atoms with Gasteiger partial charge in [0.1, 0.15) is 18.4 Å². The van der Waals surface area contributed by atoms with Crippen LogP contribution in [0.4, 0.5) is 5.69 Å². The fraction of sp³-hybridized carbons (Fsp3) is 0.259. The van der Waals surface area contributed by atoms with Gasteiger partial charge in [0.2, 0.25) is 5.88 Å². The number of nitrogens with zero attached hydrogens (tertiary/aromatic N) is 7. The number of aromatic amines is 1. The number of piperazine rings is 1. The van der Waals surface area contributed by atoms with E-state index in [1.54, 1.807) is 12.0 Å². The van der Waals surface area contributed by atoms with Crippen molar-refractivity contribution in [1.82, 2.24) is 34.6 Å². The minimum atomic E-state index is -0.615. The molecule has 5 heterocycles. The fourth-order valence-corrected chi connectivity index (χ4v) is 5.00. The molecule has 198 valence electrons. The summed E-state index contributed by atoms with van der Waals surface area (Å²) in [4.78, 5) is 46.6. The van der Waals surface area contributed by atoms with Gasteiger partial charge in [0.15, 0.2) is 5.82 Å². The lowest BCUT2D eigenvalue weighted by molar-refractivity contribution is -0.126. The summed E-state index contributed by atoms with van der Waals surface area (Å²) in [6.07, 6.45) is 5.91. The number of amides is 1. The van der Waals surface area contributed by atoms with E-state index >= 15 is 0 Å². The van der Waals surface area contributed by atoms with Crippen LogP contribution in [-0.4, -0.2) is 86.7 Å². The molecule has 0 atom stereocenters. The Morgan fingerprint density at radius 3 is 2.59 bits per heavy atom. The first-order valence-corrected chi connectivity index (χ1v) is 12.4. The maximum Gasteiger partial charge on any atom is 0.295 e. The van der Waals surface area contributed by atoms with Crippen molar-refractivity contribution in [2.24, 2.45) is 0 Å². The van der Waals surface area contributed by atoms with Crippen LogP contribution in [0.3, 0.4) is 0 Å². The number of carbonyl (C=O) groups excluding carboxylic acids is 2. The number of aryl methyl sites for hydroxylation is 1. The molecule has 0 bridgehead atoms. The Balaban J connectivity index is 1.25. The van der Waals surface area contributed by atoms with Crippen LogP contribution in [0, 0.1) is 6.92 Å². The number of nitrogens with one attached hydrogen (secondary N) is 1. The molecule has 1 aromatic carbocycles. The second-order valence-electron chi connectivity index (χ2n) is 9.26. The lowest BCUT2D eigenvalue weighted by Crippen LogP contribution is -2.50. The van der Waals surface area contributed by atoms with Crippen LogP contribution in [-0.2, 0) is 4.79 Å². The van der Waals surface area contributed by atoms with Gasteiger partial charge in [-0.15, -0.1) is 0 Å². The predicted molar refractivity (Wildman–Crippen MR) is 144 cm³/mol. The molecule has 1 aliphatic heterocycles. The number of benzene rings is 1. The maximum atomic E-state index is 13.5. The van der Waals surface area contributed by atoms with Crippen molar-refractivity contribution >= 4 is 39.2 Å². The van der Waals surface area contributed by atoms with E-state index < -0.39 is 11.7 Å². The van der Waals surface area contributed by atoms with Gasteiger partial charge in [0.05, 0.1) is 48.1 Å². The maximum absolute atomic E-state index is 13.5. The largest absolute Gasteiger partial charge is 0.494 e. The standard InChI is InChI=1S/C27H26N8O4/c1-16-4-5-19-17(10-16)20(11-22(32-19)39-3)33-6-8-34(9-7-33)27(37)25(36)18-12-29-24-23(18)21(38-2)13-30-26(24)35-15-28-14-31-35/h4-5,10-15,29H,6-9H2,1-3H3. The Kier molecular flexibility index (Phi) is 6.06. The molecule has 0 spiro atoms. The van der Waals surface area contributed by atoms with Gasteiger partial charge in [0, 0.05) is 43.8 Å². The second-order valence-corrected chi connectivity index (χ2v) is 9.26. The first-order chi connectivity index (χ1) is 19.0. The van der Waals surface area contributed by atoms with E-state index in [-0.39, 0.29) is 5.56 Å². The molecule has 4 aromatic heterocycles. The van der Waals surface area contributed by atoms with Crippen molar-refractivity contribution in [3.8, 4) is 17.4 Å². The summed E-state index contributed by atoms with van der Waals surface area (Å²) < 4.78 is 12.4. The van der Waals surface area contributed by atoms with E-state index in [0.717, 1.165) is 22.2 Å². The molecule has 0 unspecified atom stereocenters. The molecular formula is C27H26N8O4. The van der Waals surface area contributed by atoms with Gasteiger partial charge in [-0.25, -0.2) is 19.6 Å². The molecule has 0 saturated carbocycles. The van der Waals surface area contributed by atoms with E-state index in [1.165, 1.54) is 36.8 Å². The highest BCUT2D eigenvalue weighted by Gasteiger charge is 2.31. The van der Waals surface area contributed by atoms with E-state index in [0.29, 0.717) is 54.5 Å². The number of aromatic nitrogens is 6. The number of ketones is 1. The number of Topliss-reactive ketones (excluding diaryl/α,β-unsaturated/α-hetero) is 1. The van der Waals surface area contributed by atoms with Gasteiger partial charge in [-0.1, -0.05) is 11.6 Å². The van der Waals surface area contributed by atoms with Gasteiger partial charge in [-0.05, 0) is 19.1 Å². The zero-order chi connectivity index (χ0) is 27.1. The van der Waals surface area contributed by atoms with Crippen LogP contribution in [0.15, 0.2) is 49.3 Å². The van der Waals surface area contributed by atoms with Crippen LogP contribution in [0.25, 0.3) is 27.6 Å². The Bertz CT molecular complexity index is 1700. The summed E-state index contributed by atoms with van der Waals surface area (Å²) in [6, 6.07) is 8.02. The number of methoxy groups -OCH3 is 2. The number of H-pyrrole nitrogens is 1. The number of rotatable bonds is 6. The molecule has 1 N–H and O–H groups in total. The topological polar surface area (TPSA) is 131 Å². The van der Waals surface area contributed by atoms with Gasteiger partial charge < -0.3 is 24.3 Å². The number of anilines is 1. The van der Waals surface area contributed by atoms with Crippen LogP contribution in [0.5, 0.6) is 11.6 Å². The third-order valence-corrected chi connectivity index (χ3v) is 6.98. The summed E-state index contributed by atoms with van der Waals surface area (Å²) in [7, 11) is 3.09. The van der Waals surface area contributed by atoms with Crippen molar-refractivity contribution in [1.29, 1.82) is 0 Å². The van der Waals surface area contributed by atoms with Crippen molar-refractivity contribution in [2.45, 2.75) is 6.92 Å². The number of ether oxygens (including phenoxy) is 2. The molecular weight excluding hydrogens is 500 g/mol. The Hall–Kier alpha value is -5.00. The molecule has 12 heteroatoms. The first kappa shape index (κ1) is 24.3. The minimum Gasteiger partial charge on any atom is -0.494 e. The van der Waals surface area contributed by atoms with Gasteiger partial charge in [-0.2, -0.15) is 5.10 Å². The monoisotopic (exact) mass is 526 g/mol. The Morgan fingerprint density at radius 1 is 1.05 bits per heavy atom. The molecule has 12 nitrogen and oxygen atoms in total. The van der Waals surface area contributed by atoms with Crippen molar-refractivity contribution in [2.75, 3.05) is 45.3 Å². The van der Waals surface area contributed by atoms with E-state index in [9.17, 15) is 9.59 Å². The summed E-state index contributed by atoms with van der Waals surface area (Å²) in [5.74, 6) is 0.173. The third-order valence-electron chi connectivity index (χ3n) is 6.98. The fourth-order valence-electron chi connectivity index (χ4n) is 5.00. The number of fused-ring (bicyclic) bond motifs is 2. The number of carbonyl (C=O) groups is 2. The molecule has 0 aliphatic carbocycles. The van der Waals surface area contributed by atoms with E-state index in [4.69, 9.17) is 9.47 Å². The molecule has 1 amide bonds. The number of pyridine rings is 2. The summed E-state index contributed by atoms with van der Waals surface area (Å²) >= 11 is 0. The van der Waals surface area contributed by atoms with Crippen LogP contribution < -0.4 is 14.4 Å². The third kappa shape index (κ3) is 4.19. The van der Waals surface area contributed by atoms with Crippen molar-refractivity contribution < 1.29 is 19.1 Å².